The topological polar surface area (TPSA) is 20.3 Å². The molecule has 0 aromatic rings. The number of hydrogen-bond acceptors (Lipinski definition) is 1. The van der Waals surface area contributed by atoms with Crippen LogP contribution in [0.25, 0.3) is 0 Å². The standard InChI is InChI=1S/C11H19NO/c1-5-10(13)12-7-6-9(8-12)11(2,3)4/h5,9H,1,6-8H2,2-4H3/t9-/m0/s1. The van der Waals surface area contributed by atoms with Crippen molar-refractivity contribution in [2.45, 2.75) is 27.2 Å². The highest BCUT2D eigenvalue weighted by molar-refractivity contribution is 5.87. The van der Waals surface area contributed by atoms with Crippen LogP contribution < -0.4 is 0 Å². The summed E-state index contributed by atoms with van der Waals surface area (Å²) in [7, 11) is 0. The van der Waals surface area contributed by atoms with Crippen LogP contribution in [0, 0.1) is 11.3 Å². The van der Waals surface area contributed by atoms with Gasteiger partial charge >= 0.3 is 0 Å². The highest BCUT2D eigenvalue weighted by Crippen LogP contribution is 2.33. The molecule has 0 bridgehead atoms. The number of rotatable bonds is 1. The summed E-state index contributed by atoms with van der Waals surface area (Å²) in [4.78, 5) is 13.2. The van der Waals surface area contributed by atoms with Gasteiger partial charge in [0.25, 0.3) is 0 Å². The molecule has 1 amide bonds. The summed E-state index contributed by atoms with van der Waals surface area (Å²) in [6.07, 6.45) is 2.54. The molecule has 1 rings (SSSR count). The largest absolute Gasteiger partial charge is 0.339 e. The molecule has 1 aliphatic rings. The van der Waals surface area contributed by atoms with Crippen molar-refractivity contribution >= 4 is 5.91 Å². The maximum Gasteiger partial charge on any atom is 0.245 e. The Labute approximate surface area is 80.6 Å². The average molecular weight is 181 g/mol. The summed E-state index contributed by atoms with van der Waals surface area (Å²) < 4.78 is 0. The van der Waals surface area contributed by atoms with Crippen molar-refractivity contribution in [3.05, 3.63) is 12.7 Å². The zero-order valence-corrected chi connectivity index (χ0v) is 8.84. The molecule has 0 aromatic heterocycles. The fraction of sp³-hybridized carbons (Fsp3) is 0.727. The lowest BCUT2D eigenvalue weighted by atomic mass is 9.80. The van der Waals surface area contributed by atoms with E-state index in [1.54, 1.807) is 0 Å². The van der Waals surface area contributed by atoms with Gasteiger partial charge in [0.1, 0.15) is 0 Å². The molecule has 1 heterocycles. The number of carbonyl (C=O) groups excluding carboxylic acids is 1. The van der Waals surface area contributed by atoms with Crippen LogP contribution in [0.15, 0.2) is 12.7 Å². The van der Waals surface area contributed by atoms with Crippen LogP contribution in [0.1, 0.15) is 27.2 Å². The fourth-order valence-electron chi connectivity index (χ4n) is 1.80. The van der Waals surface area contributed by atoms with E-state index in [9.17, 15) is 4.79 Å². The van der Waals surface area contributed by atoms with E-state index in [1.807, 2.05) is 4.90 Å². The zero-order valence-electron chi connectivity index (χ0n) is 8.84. The first-order chi connectivity index (χ1) is 5.95. The Kier molecular flexibility index (Phi) is 2.79. The van der Waals surface area contributed by atoms with Crippen molar-refractivity contribution in [1.82, 2.24) is 4.90 Å². The Morgan fingerprint density at radius 1 is 1.54 bits per heavy atom. The SMILES string of the molecule is C=CC(=O)N1CC[C@H](C(C)(C)C)C1. The quantitative estimate of drug-likeness (QED) is 0.567. The highest BCUT2D eigenvalue weighted by Gasteiger charge is 2.32. The lowest BCUT2D eigenvalue weighted by Crippen LogP contribution is -2.29. The van der Waals surface area contributed by atoms with Gasteiger partial charge in [-0.2, -0.15) is 0 Å². The highest BCUT2D eigenvalue weighted by atomic mass is 16.2. The van der Waals surface area contributed by atoms with Gasteiger partial charge in [-0.25, -0.2) is 0 Å². The van der Waals surface area contributed by atoms with Gasteiger partial charge in [-0.1, -0.05) is 27.4 Å². The molecule has 1 aliphatic heterocycles. The summed E-state index contributed by atoms with van der Waals surface area (Å²) in [5.74, 6) is 0.711. The lowest BCUT2D eigenvalue weighted by Gasteiger charge is -2.26. The second-order valence-electron chi connectivity index (χ2n) is 4.84. The molecule has 1 atom stereocenters. The third-order valence-corrected chi connectivity index (χ3v) is 2.90. The molecule has 0 N–H and O–H groups in total. The molecule has 74 valence electrons. The third kappa shape index (κ3) is 2.33. The lowest BCUT2D eigenvalue weighted by molar-refractivity contribution is -0.125. The van der Waals surface area contributed by atoms with Crippen molar-refractivity contribution in [3.63, 3.8) is 0 Å². The minimum Gasteiger partial charge on any atom is -0.339 e. The minimum atomic E-state index is 0.0757. The molecule has 0 spiro atoms. The van der Waals surface area contributed by atoms with E-state index < -0.39 is 0 Å². The van der Waals surface area contributed by atoms with E-state index in [1.165, 1.54) is 6.08 Å². The van der Waals surface area contributed by atoms with Crippen LogP contribution in [-0.4, -0.2) is 23.9 Å². The first kappa shape index (κ1) is 10.3. The maximum absolute atomic E-state index is 11.3. The van der Waals surface area contributed by atoms with E-state index in [-0.39, 0.29) is 5.91 Å². The van der Waals surface area contributed by atoms with E-state index in [0.717, 1.165) is 19.5 Å². The molecule has 13 heavy (non-hydrogen) atoms. The van der Waals surface area contributed by atoms with Crippen molar-refractivity contribution in [2.24, 2.45) is 11.3 Å². The number of likely N-dealkylation sites (tertiary alicyclic amines) is 1. The molecule has 0 saturated carbocycles. The summed E-state index contributed by atoms with van der Waals surface area (Å²) in [5.41, 5.74) is 0.316. The smallest absolute Gasteiger partial charge is 0.245 e. The van der Waals surface area contributed by atoms with E-state index >= 15 is 0 Å². The molecule has 0 aliphatic carbocycles. The minimum absolute atomic E-state index is 0.0757. The molecular weight excluding hydrogens is 162 g/mol. The summed E-state index contributed by atoms with van der Waals surface area (Å²) in [6.45, 7) is 12.0. The third-order valence-electron chi connectivity index (χ3n) is 2.90. The van der Waals surface area contributed by atoms with Gasteiger partial charge in [-0.15, -0.1) is 0 Å². The summed E-state index contributed by atoms with van der Waals surface area (Å²) in [6, 6.07) is 0. The summed E-state index contributed by atoms with van der Waals surface area (Å²) in [5, 5.41) is 0. The van der Waals surface area contributed by atoms with Gasteiger partial charge in [-0.3, -0.25) is 4.79 Å². The molecule has 1 fully saturated rings. The van der Waals surface area contributed by atoms with Gasteiger partial charge in [0.05, 0.1) is 0 Å². The predicted octanol–water partition coefficient (Wildman–Crippen LogP) is 2.07. The Morgan fingerprint density at radius 2 is 2.15 bits per heavy atom. The zero-order chi connectivity index (χ0) is 10.1. The van der Waals surface area contributed by atoms with Crippen LogP contribution >= 0.6 is 0 Å². The molecule has 1 saturated heterocycles. The first-order valence-corrected chi connectivity index (χ1v) is 4.86. The Morgan fingerprint density at radius 3 is 2.54 bits per heavy atom. The van der Waals surface area contributed by atoms with Crippen LogP contribution in [0.2, 0.25) is 0 Å². The number of hydrogen-bond donors (Lipinski definition) is 0. The van der Waals surface area contributed by atoms with Crippen LogP contribution in [0.3, 0.4) is 0 Å². The Balaban J connectivity index is 2.54. The van der Waals surface area contributed by atoms with E-state index in [0.29, 0.717) is 11.3 Å². The van der Waals surface area contributed by atoms with Crippen molar-refractivity contribution in [2.75, 3.05) is 13.1 Å². The van der Waals surface area contributed by atoms with Gasteiger partial charge in [0.2, 0.25) is 5.91 Å². The number of nitrogens with zero attached hydrogens (tertiary/aromatic N) is 1. The second-order valence-corrected chi connectivity index (χ2v) is 4.84. The van der Waals surface area contributed by atoms with E-state index in [2.05, 4.69) is 27.4 Å². The molecular formula is C11H19NO. The predicted molar refractivity (Wildman–Crippen MR) is 54.3 cm³/mol. The maximum atomic E-state index is 11.3. The van der Waals surface area contributed by atoms with Crippen LogP contribution in [-0.2, 0) is 4.79 Å². The van der Waals surface area contributed by atoms with E-state index in [4.69, 9.17) is 0 Å². The van der Waals surface area contributed by atoms with Gasteiger partial charge in [0.15, 0.2) is 0 Å². The van der Waals surface area contributed by atoms with Crippen molar-refractivity contribution in [3.8, 4) is 0 Å². The fourth-order valence-corrected chi connectivity index (χ4v) is 1.80. The molecule has 0 unspecified atom stereocenters. The normalized spacial score (nSPS) is 23.3. The van der Waals surface area contributed by atoms with Crippen molar-refractivity contribution < 1.29 is 4.79 Å². The monoisotopic (exact) mass is 181 g/mol. The van der Waals surface area contributed by atoms with Gasteiger partial charge in [-0.05, 0) is 23.8 Å². The Bertz CT molecular complexity index is 215. The molecule has 0 aromatic carbocycles. The average Bonchev–Trinajstić information content (AvgIpc) is 2.50. The van der Waals surface area contributed by atoms with Gasteiger partial charge < -0.3 is 4.90 Å². The van der Waals surface area contributed by atoms with Crippen LogP contribution in [0.4, 0.5) is 0 Å². The Hall–Kier alpha value is -0.790. The molecule has 2 nitrogen and oxygen atoms in total. The second kappa shape index (κ2) is 3.52. The molecule has 2 heteroatoms. The first-order valence-electron chi connectivity index (χ1n) is 4.86. The number of amides is 1. The number of carbonyl (C=O) groups is 1. The van der Waals surface area contributed by atoms with Crippen molar-refractivity contribution in [1.29, 1.82) is 0 Å². The summed E-state index contributed by atoms with van der Waals surface area (Å²) >= 11 is 0. The molecule has 0 radical (unpaired) electrons. The van der Waals surface area contributed by atoms with Crippen LogP contribution in [0.5, 0.6) is 0 Å². The van der Waals surface area contributed by atoms with Gasteiger partial charge in [0, 0.05) is 13.1 Å².